The van der Waals surface area contributed by atoms with Crippen LogP contribution in [0.2, 0.25) is 0 Å². The molecular weight excluding hydrogens is 436 g/mol. The van der Waals surface area contributed by atoms with Gasteiger partial charge in [-0.15, -0.1) is 6.42 Å². The Labute approximate surface area is 208 Å². The van der Waals surface area contributed by atoms with Crippen molar-refractivity contribution in [2.24, 2.45) is 0 Å². The fraction of sp³-hybridized carbons (Fsp3) is 0.290. The van der Waals surface area contributed by atoms with E-state index in [9.17, 15) is 5.11 Å². The second-order valence-electron chi connectivity index (χ2n) is 7.84. The summed E-state index contributed by atoms with van der Waals surface area (Å²) in [5.74, 6) is 8.55. The van der Waals surface area contributed by atoms with Gasteiger partial charge in [0.05, 0.1) is 0 Å². The molecule has 0 bridgehead atoms. The Kier molecular flexibility index (Phi) is 10.1. The number of hydrogen-bond donors (Lipinski definition) is 1. The van der Waals surface area contributed by atoms with Gasteiger partial charge in [-0.1, -0.05) is 103 Å². The Balaban J connectivity index is 2.18. The molecule has 4 nitrogen and oxygen atoms in total. The van der Waals surface area contributed by atoms with Crippen molar-refractivity contribution in [2.45, 2.75) is 44.4 Å². The van der Waals surface area contributed by atoms with Crippen molar-refractivity contribution in [1.82, 2.24) is 0 Å². The van der Waals surface area contributed by atoms with E-state index in [1.165, 1.54) is 0 Å². The molecule has 0 spiro atoms. The molecule has 35 heavy (non-hydrogen) atoms. The number of benzene rings is 3. The van der Waals surface area contributed by atoms with Crippen molar-refractivity contribution < 1.29 is 19.3 Å². The van der Waals surface area contributed by atoms with Gasteiger partial charge in [-0.05, 0) is 36.5 Å². The summed E-state index contributed by atoms with van der Waals surface area (Å²) < 4.78 is 18.1. The zero-order valence-corrected chi connectivity index (χ0v) is 20.3. The van der Waals surface area contributed by atoms with Crippen LogP contribution in [0.5, 0.6) is 0 Å². The lowest BCUT2D eigenvalue weighted by Gasteiger charge is -2.38. The molecule has 2 atom stereocenters. The van der Waals surface area contributed by atoms with Gasteiger partial charge in [0.1, 0.15) is 17.8 Å². The third kappa shape index (κ3) is 6.83. The van der Waals surface area contributed by atoms with Crippen LogP contribution in [0.4, 0.5) is 0 Å². The Morgan fingerprint density at radius 3 is 1.54 bits per heavy atom. The van der Waals surface area contributed by atoms with E-state index in [1.807, 2.05) is 105 Å². The standard InChI is InChI=1S/C31H32O4/c1-4-28(32)24-29(22-23-30(33-5-2)34-6-3)35-31(25-16-10-7-11-17-25,26-18-12-8-13-19-26)27-20-14-9-15-21-27/h1,7-21,28-30,32H,5-6,24H2,2-3H3. The quantitative estimate of drug-likeness (QED) is 0.240. The predicted molar refractivity (Wildman–Crippen MR) is 138 cm³/mol. The molecule has 3 aromatic carbocycles. The van der Waals surface area contributed by atoms with Crippen LogP contribution in [0.15, 0.2) is 91.0 Å². The summed E-state index contributed by atoms with van der Waals surface area (Å²) in [6.45, 7) is 4.68. The molecule has 180 valence electrons. The van der Waals surface area contributed by atoms with Crippen molar-refractivity contribution >= 4 is 0 Å². The molecule has 1 N–H and O–H groups in total. The molecule has 2 unspecified atom stereocenters. The molecule has 0 saturated carbocycles. The minimum absolute atomic E-state index is 0.128. The minimum atomic E-state index is -1.02. The molecule has 0 aliphatic rings. The van der Waals surface area contributed by atoms with Gasteiger partial charge in [0.15, 0.2) is 0 Å². The fourth-order valence-electron chi connectivity index (χ4n) is 3.94. The normalized spacial score (nSPS) is 12.9. The summed E-state index contributed by atoms with van der Waals surface area (Å²) in [6, 6.07) is 30.0. The van der Waals surface area contributed by atoms with Crippen LogP contribution in [0.25, 0.3) is 0 Å². The van der Waals surface area contributed by atoms with Gasteiger partial charge >= 0.3 is 0 Å². The number of aliphatic hydroxyl groups is 1. The van der Waals surface area contributed by atoms with Crippen molar-refractivity contribution in [1.29, 1.82) is 0 Å². The first-order valence-corrected chi connectivity index (χ1v) is 11.9. The Hall–Kier alpha value is -3.38. The maximum atomic E-state index is 10.4. The van der Waals surface area contributed by atoms with Crippen LogP contribution in [-0.2, 0) is 19.8 Å². The SMILES string of the molecule is C#CC(O)CC(C#CC(OCC)OCC)OC(c1ccccc1)(c1ccccc1)c1ccccc1. The highest BCUT2D eigenvalue weighted by Crippen LogP contribution is 2.41. The van der Waals surface area contributed by atoms with E-state index in [4.69, 9.17) is 20.6 Å². The van der Waals surface area contributed by atoms with Crippen LogP contribution in [-0.4, -0.2) is 36.8 Å². The van der Waals surface area contributed by atoms with Crippen LogP contribution >= 0.6 is 0 Å². The molecule has 3 rings (SSSR count). The van der Waals surface area contributed by atoms with E-state index in [-0.39, 0.29) is 6.42 Å². The van der Waals surface area contributed by atoms with Crippen molar-refractivity contribution in [2.75, 3.05) is 13.2 Å². The molecule has 3 aromatic rings. The highest BCUT2D eigenvalue weighted by molar-refractivity contribution is 5.47. The molecule has 0 aromatic heterocycles. The summed E-state index contributed by atoms with van der Waals surface area (Å²) >= 11 is 0. The average molecular weight is 469 g/mol. The van der Waals surface area contributed by atoms with E-state index in [2.05, 4.69) is 17.8 Å². The molecule has 4 heteroatoms. The largest absolute Gasteiger partial charge is 0.380 e. The molecule has 0 amide bonds. The smallest absolute Gasteiger partial charge is 0.222 e. The van der Waals surface area contributed by atoms with Gasteiger partial charge in [0.25, 0.3) is 0 Å². The van der Waals surface area contributed by atoms with Crippen LogP contribution in [0.1, 0.15) is 37.0 Å². The number of hydrogen-bond acceptors (Lipinski definition) is 4. The lowest BCUT2D eigenvalue weighted by molar-refractivity contribution is -0.0976. The van der Waals surface area contributed by atoms with E-state index in [1.54, 1.807) is 0 Å². The second kappa shape index (κ2) is 13.5. The van der Waals surface area contributed by atoms with Crippen molar-refractivity contribution in [3.8, 4) is 24.2 Å². The summed E-state index contributed by atoms with van der Waals surface area (Å²) in [5.41, 5.74) is 1.81. The first-order valence-electron chi connectivity index (χ1n) is 11.9. The number of ether oxygens (including phenoxy) is 3. The first kappa shape index (κ1) is 26.2. The molecule has 0 aliphatic heterocycles. The average Bonchev–Trinajstić information content (AvgIpc) is 2.91. The van der Waals surface area contributed by atoms with Crippen molar-refractivity contribution in [3.63, 3.8) is 0 Å². The van der Waals surface area contributed by atoms with Gasteiger partial charge < -0.3 is 19.3 Å². The number of terminal acetylenes is 1. The third-order valence-corrected chi connectivity index (χ3v) is 5.49. The van der Waals surface area contributed by atoms with Crippen LogP contribution < -0.4 is 0 Å². The Morgan fingerprint density at radius 1 is 0.743 bits per heavy atom. The maximum Gasteiger partial charge on any atom is 0.222 e. The van der Waals surface area contributed by atoms with E-state index >= 15 is 0 Å². The molecular formula is C31H32O4. The molecule has 0 saturated heterocycles. The maximum absolute atomic E-state index is 10.4. The van der Waals surface area contributed by atoms with Gasteiger partial charge in [-0.3, -0.25) is 0 Å². The third-order valence-electron chi connectivity index (χ3n) is 5.49. The molecule has 0 heterocycles. The van der Waals surface area contributed by atoms with Crippen LogP contribution in [0, 0.1) is 24.2 Å². The summed E-state index contributed by atoms with van der Waals surface area (Å²) in [4.78, 5) is 0. The van der Waals surface area contributed by atoms with Crippen molar-refractivity contribution in [3.05, 3.63) is 108 Å². The van der Waals surface area contributed by atoms with E-state index in [0.717, 1.165) is 16.7 Å². The lowest BCUT2D eigenvalue weighted by atomic mass is 9.79. The summed E-state index contributed by atoms with van der Waals surface area (Å²) in [6.07, 6.45) is 3.21. The molecule has 0 radical (unpaired) electrons. The van der Waals surface area contributed by atoms with E-state index in [0.29, 0.717) is 13.2 Å². The lowest BCUT2D eigenvalue weighted by Crippen LogP contribution is -2.37. The summed E-state index contributed by atoms with van der Waals surface area (Å²) in [5, 5.41) is 10.4. The van der Waals surface area contributed by atoms with Crippen LogP contribution in [0.3, 0.4) is 0 Å². The predicted octanol–water partition coefficient (Wildman–Crippen LogP) is 5.15. The molecule has 0 aliphatic carbocycles. The zero-order valence-electron chi connectivity index (χ0n) is 20.3. The summed E-state index contributed by atoms with van der Waals surface area (Å²) in [7, 11) is 0. The monoisotopic (exact) mass is 468 g/mol. The minimum Gasteiger partial charge on any atom is -0.380 e. The topological polar surface area (TPSA) is 47.9 Å². The molecule has 0 fully saturated rings. The highest BCUT2D eigenvalue weighted by atomic mass is 16.7. The van der Waals surface area contributed by atoms with E-state index < -0.39 is 24.1 Å². The van der Waals surface area contributed by atoms with Gasteiger partial charge in [-0.25, -0.2) is 0 Å². The van der Waals surface area contributed by atoms with Gasteiger partial charge in [0, 0.05) is 19.6 Å². The number of aliphatic hydroxyl groups excluding tert-OH is 1. The van der Waals surface area contributed by atoms with Gasteiger partial charge in [0.2, 0.25) is 6.29 Å². The zero-order chi connectivity index (χ0) is 24.9. The number of rotatable bonds is 11. The van der Waals surface area contributed by atoms with Gasteiger partial charge in [-0.2, -0.15) is 0 Å². The highest BCUT2D eigenvalue weighted by Gasteiger charge is 2.40. The second-order valence-corrected chi connectivity index (χ2v) is 7.84. The Morgan fingerprint density at radius 2 is 1.17 bits per heavy atom. The Bertz CT molecular complexity index is 1010. The first-order chi connectivity index (χ1) is 17.1. The fourth-order valence-corrected chi connectivity index (χ4v) is 3.94.